The number of para-hydroxylation sites is 2. The van der Waals surface area contributed by atoms with E-state index in [-0.39, 0.29) is 24.6 Å². The van der Waals surface area contributed by atoms with Gasteiger partial charge in [0.05, 0.1) is 18.8 Å². The molecule has 1 fully saturated rings. The zero-order valence-corrected chi connectivity index (χ0v) is 18.7. The average molecular weight is 495 g/mol. The number of carbonyl (C=O) groups excluding carboxylic acids is 1. The van der Waals surface area contributed by atoms with Gasteiger partial charge in [0.1, 0.15) is 16.9 Å². The fraction of sp³-hybridized carbons (Fsp3) is 0.154. The van der Waals surface area contributed by atoms with E-state index < -0.39 is 17.7 Å². The first kappa shape index (κ1) is 23.4. The van der Waals surface area contributed by atoms with Gasteiger partial charge in [-0.2, -0.15) is 0 Å². The van der Waals surface area contributed by atoms with Crippen molar-refractivity contribution in [1.29, 1.82) is 0 Å². The molecule has 1 aliphatic rings. The fourth-order valence-corrected chi connectivity index (χ4v) is 4.10. The van der Waals surface area contributed by atoms with Gasteiger partial charge in [-0.25, -0.2) is 5.48 Å². The minimum atomic E-state index is -4.89. The summed E-state index contributed by atoms with van der Waals surface area (Å²) in [5.41, 5.74) is 2.82. The molecule has 5 rings (SSSR count). The lowest BCUT2D eigenvalue weighted by Crippen LogP contribution is -2.61. The maximum Gasteiger partial charge on any atom is 0.573 e. The van der Waals surface area contributed by atoms with Crippen LogP contribution in [0, 0.1) is 0 Å². The van der Waals surface area contributed by atoms with Crippen molar-refractivity contribution in [3.63, 3.8) is 0 Å². The number of hydrogen-bond acceptors (Lipinski definition) is 6. The number of carbonyl (C=O) groups is 1. The van der Waals surface area contributed by atoms with E-state index in [1.165, 1.54) is 23.1 Å². The largest absolute Gasteiger partial charge is 0.573 e. The molecule has 1 saturated heterocycles. The third-order valence-electron chi connectivity index (χ3n) is 5.81. The van der Waals surface area contributed by atoms with Crippen LogP contribution in [-0.4, -0.2) is 40.3 Å². The molecule has 0 radical (unpaired) electrons. The van der Waals surface area contributed by atoms with Gasteiger partial charge in [0.25, 0.3) is 5.91 Å². The standard InChI is InChI=1S/C26H20F3N3O4/c27-26(28,29)35-21-8-2-1-7-20(21)25(34)15-32(16-25)24(33)18-10-12-19(13-11-18)31-36-22-9-3-5-17-6-4-14-30-23(17)22/h1-14,31,34H,15-16H2. The Bertz CT molecular complexity index is 1400. The lowest BCUT2D eigenvalue weighted by atomic mass is 9.85. The quantitative estimate of drug-likeness (QED) is 0.371. The number of ether oxygens (including phenoxy) is 1. The lowest BCUT2D eigenvalue weighted by Gasteiger charge is -2.47. The number of fused-ring (bicyclic) bond motifs is 1. The molecule has 1 aromatic heterocycles. The maximum atomic E-state index is 12.8. The number of pyridine rings is 1. The van der Waals surface area contributed by atoms with E-state index in [1.54, 1.807) is 36.5 Å². The Kier molecular flexibility index (Phi) is 5.89. The summed E-state index contributed by atoms with van der Waals surface area (Å²) >= 11 is 0. The highest BCUT2D eigenvalue weighted by molar-refractivity contribution is 5.95. The Hall–Kier alpha value is -4.31. The first-order valence-electron chi connectivity index (χ1n) is 11.0. The van der Waals surface area contributed by atoms with Crippen LogP contribution in [0.2, 0.25) is 0 Å². The minimum absolute atomic E-state index is 0.0222. The number of alkyl halides is 3. The fourth-order valence-electron chi connectivity index (χ4n) is 4.10. The van der Waals surface area contributed by atoms with E-state index in [1.807, 2.05) is 24.3 Å². The number of nitrogens with one attached hydrogen (secondary N) is 1. The van der Waals surface area contributed by atoms with Crippen molar-refractivity contribution in [2.75, 3.05) is 18.6 Å². The Morgan fingerprint density at radius 1 is 0.944 bits per heavy atom. The van der Waals surface area contributed by atoms with Crippen LogP contribution in [0.1, 0.15) is 15.9 Å². The molecule has 2 heterocycles. The molecule has 2 N–H and O–H groups in total. The number of likely N-dealkylation sites (tertiary alicyclic amines) is 1. The van der Waals surface area contributed by atoms with Crippen molar-refractivity contribution in [3.8, 4) is 11.5 Å². The van der Waals surface area contributed by atoms with Crippen molar-refractivity contribution >= 4 is 22.5 Å². The van der Waals surface area contributed by atoms with E-state index in [2.05, 4.69) is 15.2 Å². The molecule has 36 heavy (non-hydrogen) atoms. The van der Waals surface area contributed by atoms with Crippen LogP contribution in [0.25, 0.3) is 10.9 Å². The molecule has 0 atom stereocenters. The van der Waals surface area contributed by atoms with Gasteiger partial charge in [-0.05, 0) is 42.5 Å². The van der Waals surface area contributed by atoms with E-state index >= 15 is 0 Å². The Morgan fingerprint density at radius 3 is 2.39 bits per heavy atom. The normalized spacial score (nSPS) is 14.7. The highest BCUT2D eigenvalue weighted by Gasteiger charge is 2.47. The van der Waals surface area contributed by atoms with Crippen molar-refractivity contribution < 1.29 is 32.6 Å². The van der Waals surface area contributed by atoms with Gasteiger partial charge in [-0.1, -0.05) is 36.4 Å². The van der Waals surface area contributed by atoms with Gasteiger partial charge in [-0.15, -0.1) is 13.2 Å². The summed E-state index contributed by atoms with van der Waals surface area (Å²) in [6, 6.07) is 21.2. The maximum absolute atomic E-state index is 12.8. The molecule has 10 heteroatoms. The summed E-state index contributed by atoms with van der Waals surface area (Å²) < 4.78 is 42.2. The second-order valence-corrected chi connectivity index (χ2v) is 8.35. The van der Waals surface area contributed by atoms with Gasteiger partial charge in [-0.3, -0.25) is 9.78 Å². The minimum Gasteiger partial charge on any atom is -0.405 e. The summed E-state index contributed by atoms with van der Waals surface area (Å²) in [7, 11) is 0. The Balaban J connectivity index is 1.22. The smallest absolute Gasteiger partial charge is 0.405 e. The molecule has 1 amide bonds. The number of rotatable bonds is 6. The van der Waals surface area contributed by atoms with Gasteiger partial charge < -0.3 is 19.6 Å². The van der Waals surface area contributed by atoms with Crippen LogP contribution in [-0.2, 0) is 5.60 Å². The number of benzene rings is 3. The Morgan fingerprint density at radius 2 is 1.64 bits per heavy atom. The van der Waals surface area contributed by atoms with E-state index in [0.717, 1.165) is 11.5 Å². The molecular weight excluding hydrogens is 475 g/mol. The van der Waals surface area contributed by atoms with Gasteiger partial charge in [0, 0.05) is 22.7 Å². The molecule has 0 spiro atoms. The van der Waals surface area contributed by atoms with Crippen LogP contribution in [0.15, 0.2) is 85.1 Å². The summed E-state index contributed by atoms with van der Waals surface area (Å²) in [6.07, 6.45) is -3.22. The van der Waals surface area contributed by atoms with Crippen LogP contribution < -0.4 is 15.1 Å². The van der Waals surface area contributed by atoms with E-state index in [9.17, 15) is 23.1 Å². The zero-order valence-electron chi connectivity index (χ0n) is 18.7. The van der Waals surface area contributed by atoms with Crippen LogP contribution in [0.4, 0.5) is 18.9 Å². The number of aromatic nitrogens is 1. The van der Waals surface area contributed by atoms with Crippen LogP contribution in [0.5, 0.6) is 11.5 Å². The average Bonchev–Trinajstić information content (AvgIpc) is 2.85. The highest BCUT2D eigenvalue weighted by Crippen LogP contribution is 2.39. The molecule has 0 saturated carbocycles. The molecular formula is C26H20F3N3O4. The molecule has 0 aliphatic carbocycles. The highest BCUT2D eigenvalue weighted by atomic mass is 19.4. The number of aliphatic hydroxyl groups is 1. The second kappa shape index (κ2) is 9.04. The number of hydrogen-bond donors (Lipinski definition) is 2. The van der Waals surface area contributed by atoms with Gasteiger partial charge >= 0.3 is 6.36 Å². The number of nitrogens with zero attached hydrogens (tertiary/aromatic N) is 2. The van der Waals surface area contributed by atoms with Gasteiger partial charge in [0.2, 0.25) is 0 Å². The van der Waals surface area contributed by atoms with E-state index in [4.69, 9.17) is 4.84 Å². The lowest BCUT2D eigenvalue weighted by molar-refractivity contribution is -0.275. The molecule has 7 nitrogen and oxygen atoms in total. The summed E-state index contributed by atoms with van der Waals surface area (Å²) in [5, 5.41) is 11.8. The monoisotopic (exact) mass is 495 g/mol. The van der Waals surface area contributed by atoms with E-state index in [0.29, 0.717) is 22.5 Å². The molecule has 0 unspecified atom stereocenters. The SMILES string of the molecule is O=C(c1ccc(NOc2cccc3cccnc23)cc1)N1CC(O)(c2ccccc2OC(F)(F)F)C1. The summed E-state index contributed by atoms with van der Waals surface area (Å²) in [4.78, 5) is 24.2. The predicted molar refractivity (Wildman–Crippen MR) is 125 cm³/mol. The van der Waals surface area contributed by atoms with Gasteiger partial charge in [0.15, 0.2) is 5.75 Å². The molecule has 4 aromatic rings. The number of amides is 1. The first-order valence-corrected chi connectivity index (χ1v) is 11.0. The van der Waals surface area contributed by atoms with Crippen LogP contribution in [0.3, 0.4) is 0 Å². The molecule has 3 aromatic carbocycles. The number of anilines is 1. The predicted octanol–water partition coefficient (Wildman–Crippen LogP) is 4.88. The number of halogens is 3. The summed E-state index contributed by atoms with van der Waals surface area (Å²) in [5.74, 6) is -0.307. The third-order valence-corrected chi connectivity index (χ3v) is 5.81. The number of β-amino-alcohol motifs (C(OH)–C–C–N with tert-alkyl or cyclic N) is 1. The van der Waals surface area contributed by atoms with Crippen molar-refractivity contribution in [2.45, 2.75) is 12.0 Å². The topological polar surface area (TPSA) is 83.9 Å². The first-order chi connectivity index (χ1) is 17.2. The summed E-state index contributed by atoms with van der Waals surface area (Å²) in [6.45, 7) is -0.331. The Labute approximate surface area is 203 Å². The van der Waals surface area contributed by atoms with Crippen molar-refractivity contribution in [1.82, 2.24) is 9.88 Å². The van der Waals surface area contributed by atoms with Crippen LogP contribution >= 0.6 is 0 Å². The molecule has 0 bridgehead atoms. The molecule has 1 aliphatic heterocycles. The third kappa shape index (κ3) is 4.76. The second-order valence-electron chi connectivity index (χ2n) is 8.35. The van der Waals surface area contributed by atoms with Crippen molar-refractivity contribution in [2.24, 2.45) is 0 Å². The molecule has 184 valence electrons. The van der Waals surface area contributed by atoms with Crippen molar-refractivity contribution in [3.05, 3.63) is 96.2 Å². The zero-order chi connectivity index (χ0) is 25.3.